The van der Waals surface area contributed by atoms with E-state index in [1.165, 1.54) is 24.0 Å². The third-order valence-corrected chi connectivity index (χ3v) is 4.58. The Morgan fingerprint density at radius 1 is 1.32 bits per heavy atom. The molecule has 2 saturated heterocycles. The van der Waals surface area contributed by atoms with Crippen molar-refractivity contribution in [1.82, 2.24) is 10.6 Å². The molecule has 2 heterocycles. The van der Waals surface area contributed by atoms with E-state index in [-0.39, 0.29) is 36.2 Å². The number of nitrogens with one attached hydrogen (secondary N) is 2. The number of ether oxygens (including phenoxy) is 1. The molecule has 0 saturated carbocycles. The molecule has 3 rings (SSSR count). The largest absolute Gasteiger partial charge is 0.442 e. The van der Waals surface area contributed by atoms with Crippen LogP contribution in [0.1, 0.15) is 31.2 Å². The topological polar surface area (TPSA) is 70.7 Å². The molecule has 6 nitrogen and oxygen atoms in total. The van der Waals surface area contributed by atoms with E-state index in [1.54, 1.807) is 0 Å². The van der Waals surface area contributed by atoms with E-state index in [0.717, 1.165) is 13.1 Å². The molecule has 2 aliphatic rings. The zero-order chi connectivity index (χ0) is 18.0. The molecular weight excluding hydrogens is 332 g/mol. The van der Waals surface area contributed by atoms with Gasteiger partial charge in [-0.1, -0.05) is 0 Å². The van der Waals surface area contributed by atoms with Gasteiger partial charge < -0.3 is 15.4 Å². The summed E-state index contributed by atoms with van der Waals surface area (Å²) < 4.78 is 34.2. The first kappa shape index (κ1) is 17.6. The lowest BCUT2D eigenvalue weighted by molar-refractivity contribution is -0.119. The van der Waals surface area contributed by atoms with Crippen LogP contribution in [0.4, 0.5) is 19.3 Å². The fraction of sp³-hybridized carbons (Fsp3) is 0.529. The van der Waals surface area contributed by atoms with E-state index in [2.05, 4.69) is 10.6 Å². The van der Waals surface area contributed by atoms with Gasteiger partial charge in [-0.2, -0.15) is 0 Å². The van der Waals surface area contributed by atoms with E-state index < -0.39 is 23.8 Å². The SMILES string of the molecule is CC(=O)NCC1CN(c2cc(F)c(C3CCNCC3)c(F)c2)C(=O)O1. The Balaban J connectivity index is 1.76. The second-order valence-electron chi connectivity index (χ2n) is 6.40. The molecule has 0 spiro atoms. The molecular formula is C17H21F2N3O3. The fourth-order valence-corrected chi connectivity index (χ4v) is 3.32. The number of amides is 2. The van der Waals surface area contributed by atoms with Gasteiger partial charge in [-0.3, -0.25) is 9.69 Å². The Morgan fingerprint density at radius 2 is 1.96 bits per heavy atom. The Kier molecular flexibility index (Phi) is 5.17. The van der Waals surface area contributed by atoms with Gasteiger partial charge in [0.1, 0.15) is 17.7 Å². The summed E-state index contributed by atoms with van der Waals surface area (Å²) >= 11 is 0. The smallest absolute Gasteiger partial charge is 0.414 e. The third-order valence-electron chi connectivity index (χ3n) is 4.58. The van der Waals surface area contributed by atoms with Gasteiger partial charge in [0.2, 0.25) is 5.91 Å². The van der Waals surface area contributed by atoms with E-state index >= 15 is 0 Å². The second kappa shape index (κ2) is 7.35. The molecule has 2 fully saturated rings. The van der Waals surface area contributed by atoms with E-state index in [1.807, 2.05) is 0 Å². The molecule has 1 aromatic carbocycles. The maximum atomic E-state index is 14.5. The average Bonchev–Trinajstić information content (AvgIpc) is 2.94. The van der Waals surface area contributed by atoms with Crippen molar-refractivity contribution in [3.63, 3.8) is 0 Å². The van der Waals surface area contributed by atoms with E-state index in [9.17, 15) is 18.4 Å². The number of carbonyl (C=O) groups is 2. The molecule has 136 valence electrons. The van der Waals surface area contributed by atoms with Crippen LogP contribution in [0.2, 0.25) is 0 Å². The number of hydrogen-bond acceptors (Lipinski definition) is 4. The van der Waals surface area contributed by atoms with Gasteiger partial charge in [-0.15, -0.1) is 0 Å². The monoisotopic (exact) mass is 353 g/mol. The Hall–Kier alpha value is -2.22. The van der Waals surface area contributed by atoms with Crippen LogP contribution in [0.3, 0.4) is 0 Å². The maximum absolute atomic E-state index is 14.5. The highest BCUT2D eigenvalue weighted by molar-refractivity contribution is 5.89. The fourth-order valence-electron chi connectivity index (χ4n) is 3.32. The number of carbonyl (C=O) groups excluding carboxylic acids is 2. The van der Waals surface area contributed by atoms with Crippen LogP contribution in [0, 0.1) is 11.6 Å². The van der Waals surface area contributed by atoms with Crippen molar-refractivity contribution in [1.29, 1.82) is 0 Å². The lowest BCUT2D eigenvalue weighted by Gasteiger charge is -2.24. The summed E-state index contributed by atoms with van der Waals surface area (Å²) in [7, 11) is 0. The van der Waals surface area contributed by atoms with Gasteiger partial charge in [0.05, 0.1) is 18.8 Å². The summed E-state index contributed by atoms with van der Waals surface area (Å²) in [6, 6.07) is 2.37. The second-order valence-corrected chi connectivity index (χ2v) is 6.40. The summed E-state index contributed by atoms with van der Waals surface area (Å²) in [5.74, 6) is -1.67. The number of rotatable bonds is 4. The van der Waals surface area contributed by atoms with Crippen LogP contribution in [0.15, 0.2) is 12.1 Å². The minimum absolute atomic E-state index is 0.0904. The average molecular weight is 353 g/mol. The number of cyclic esters (lactones) is 1. The van der Waals surface area contributed by atoms with Gasteiger partial charge in [0, 0.05) is 12.5 Å². The molecule has 25 heavy (non-hydrogen) atoms. The Bertz CT molecular complexity index is 654. The van der Waals surface area contributed by atoms with Crippen LogP contribution in [-0.2, 0) is 9.53 Å². The maximum Gasteiger partial charge on any atom is 0.414 e. The summed E-state index contributed by atoms with van der Waals surface area (Å²) in [6.07, 6.45) is 0.130. The summed E-state index contributed by atoms with van der Waals surface area (Å²) in [5, 5.41) is 5.72. The molecule has 2 aliphatic heterocycles. The highest BCUT2D eigenvalue weighted by Gasteiger charge is 2.34. The zero-order valence-corrected chi connectivity index (χ0v) is 14.0. The van der Waals surface area contributed by atoms with Crippen molar-refractivity contribution in [3.05, 3.63) is 29.3 Å². The first-order valence-corrected chi connectivity index (χ1v) is 8.38. The molecule has 2 N–H and O–H groups in total. The Morgan fingerprint density at radius 3 is 2.56 bits per heavy atom. The van der Waals surface area contributed by atoms with Crippen molar-refractivity contribution in [2.75, 3.05) is 31.1 Å². The van der Waals surface area contributed by atoms with E-state index in [0.29, 0.717) is 12.8 Å². The molecule has 0 aliphatic carbocycles. The highest BCUT2D eigenvalue weighted by atomic mass is 19.1. The van der Waals surface area contributed by atoms with Crippen molar-refractivity contribution in [3.8, 4) is 0 Å². The van der Waals surface area contributed by atoms with Gasteiger partial charge in [-0.05, 0) is 44.0 Å². The quantitative estimate of drug-likeness (QED) is 0.867. The Labute approximate surface area is 144 Å². The van der Waals surface area contributed by atoms with Crippen LogP contribution >= 0.6 is 0 Å². The molecule has 1 atom stereocenters. The standard InChI is InChI=1S/C17H21F2N3O3/c1-10(23)21-8-13-9-22(17(24)25-13)12-6-14(18)16(15(19)7-12)11-2-4-20-5-3-11/h6-7,11,13,20H,2-5,8-9H2,1H3,(H,21,23). The minimum atomic E-state index is -0.677. The molecule has 1 aromatic rings. The van der Waals surface area contributed by atoms with Crippen molar-refractivity contribution < 1.29 is 23.1 Å². The van der Waals surface area contributed by atoms with Gasteiger partial charge in [0.15, 0.2) is 0 Å². The lowest BCUT2D eigenvalue weighted by atomic mass is 9.89. The number of nitrogens with zero attached hydrogens (tertiary/aromatic N) is 1. The predicted molar refractivity (Wildman–Crippen MR) is 87.5 cm³/mol. The normalized spacial score (nSPS) is 21.3. The molecule has 0 aromatic heterocycles. The first-order valence-electron chi connectivity index (χ1n) is 8.38. The minimum Gasteiger partial charge on any atom is -0.442 e. The molecule has 0 radical (unpaired) electrons. The summed E-state index contributed by atoms with van der Waals surface area (Å²) in [5.41, 5.74) is 0.218. The summed E-state index contributed by atoms with van der Waals surface area (Å²) in [6.45, 7) is 3.11. The van der Waals surface area contributed by atoms with Crippen LogP contribution in [0.25, 0.3) is 0 Å². The van der Waals surface area contributed by atoms with Gasteiger partial charge in [0.25, 0.3) is 0 Å². The number of benzene rings is 1. The lowest BCUT2D eigenvalue weighted by Crippen LogP contribution is -2.33. The number of anilines is 1. The number of hydrogen-bond donors (Lipinski definition) is 2. The molecule has 8 heteroatoms. The van der Waals surface area contributed by atoms with Crippen LogP contribution in [0.5, 0.6) is 0 Å². The summed E-state index contributed by atoms with van der Waals surface area (Å²) in [4.78, 5) is 24.1. The first-order chi connectivity index (χ1) is 12.0. The molecule has 0 bridgehead atoms. The van der Waals surface area contributed by atoms with Crippen molar-refractivity contribution in [2.45, 2.75) is 31.8 Å². The van der Waals surface area contributed by atoms with Crippen LogP contribution < -0.4 is 15.5 Å². The van der Waals surface area contributed by atoms with Crippen molar-refractivity contribution in [2.24, 2.45) is 0 Å². The zero-order valence-electron chi connectivity index (χ0n) is 14.0. The highest BCUT2D eigenvalue weighted by Crippen LogP contribution is 2.33. The molecule has 2 amide bonds. The van der Waals surface area contributed by atoms with Gasteiger partial charge >= 0.3 is 6.09 Å². The van der Waals surface area contributed by atoms with Crippen molar-refractivity contribution >= 4 is 17.7 Å². The van der Waals surface area contributed by atoms with Crippen LogP contribution in [-0.4, -0.2) is 44.3 Å². The number of piperidine rings is 1. The predicted octanol–water partition coefficient (Wildman–Crippen LogP) is 1.89. The van der Waals surface area contributed by atoms with Gasteiger partial charge in [-0.25, -0.2) is 13.6 Å². The molecule has 1 unspecified atom stereocenters. The third kappa shape index (κ3) is 3.89. The number of halogens is 2. The van der Waals surface area contributed by atoms with E-state index in [4.69, 9.17) is 4.74 Å².